The number of aromatic amines is 1. The maximum Gasteiger partial charge on any atom is 0.252 e. The lowest BCUT2D eigenvalue weighted by molar-refractivity contribution is 0.0379. The molecular formula is C26H36N6O3. The molecule has 1 aliphatic heterocycles. The van der Waals surface area contributed by atoms with Crippen LogP contribution in [0.4, 0.5) is 0 Å². The van der Waals surface area contributed by atoms with Crippen molar-refractivity contribution in [3.05, 3.63) is 46.0 Å². The molecule has 2 aromatic heterocycles. The fourth-order valence-corrected chi connectivity index (χ4v) is 5.70. The number of hydrogen-bond donors (Lipinski definition) is 1. The maximum atomic E-state index is 13.2. The molecule has 1 aliphatic carbocycles. The number of nitrogens with zero attached hydrogens (tertiary/aromatic N) is 5. The molecule has 3 aromatic rings. The minimum atomic E-state index is -0.0824. The second-order valence-electron chi connectivity index (χ2n) is 10.3. The van der Waals surface area contributed by atoms with Gasteiger partial charge in [-0.1, -0.05) is 26.7 Å². The van der Waals surface area contributed by atoms with Crippen LogP contribution < -0.4 is 10.3 Å². The molecule has 9 heteroatoms. The van der Waals surface area contributed by atoms with Crippen molar-refractivity contribution < 1.29 is 9.47 Å². The van der Waals surface area contributed by atoms with Gasteiger partial charge in [-0.05, 0) is 65.6 Å². The quantitative estimate of drug-likeness (QED) is 0.494. The lowest BCUT2D eigenvalue weighted by atomic mass is 9.99. The molecule has 188 valence electrons. The number of ether oxygens (including phenoxy) is 2. The average molecular weight is 481 g/mol. The molecule has 0 amide bonds. The molecular weight excluding hydrogens is 444 g/mol. The fourth-order valence-electron chi connectivity index (χ4n) is 5.70. The molecule has 2 atom stereocenters. The first-order valence-electron chi connectivity index (χ1n) is 12.9. The summed E-state index contributed by atoms with van der Waals surface area (Å²) in [6.07, 6.45) is 6.91. The third kappa shape index (κ3) is 5.11. The summed E-state index contributed by atoms with van der Waals surface area (Å²) in [5.74, 6) is 1.87. The molecule has 2 aliphatic rings. The van der Waals surface area contributed by atoms with E-state index in [9.17, 15) is 4.79 Å². The molecule has 1 aromatic carbocycles. The first-order valence-corrected chi connectivity index (χ1v) is 12.9. The summed E-state index contributed by atoms with van der Waals surface area (Å²) in [6.45, 7) is 6.44. The number of aromatic nitrogens is 5. The number of H-pyrrole nitrogens is 1. The van der Waals surface area contributed by atoms with Crippen molar-refractivity contribution in [2.24, 2.45) is 5.92 Å². The van der Waals surface area contributed by atoms with E-state index in [0.29, 0.717) is 12.6 Å². The highest BCUT2D eigenvalue weighted by molar-refractivity contribution is 5.80. The van der Waals surface area contributed by atoms with Crippen LogP contribution in [0, 0.1) is 5.92 Å². The molecule has 1 saturated heterocycles. The Morgan fingerprint density at radius 3 is 2.74 bits per heavy atom. The summed E-state index contributed by atoms with van der Waals surface area (Å²) in [5.41, 5.74) is 1.42. The highest BCUT2D eigenvalue weighted by Gasteiger charge is 2.34. The molecule has 35 heavy (non-hydrogen) atoms. The molecule has 3 heterocycles. The Morgan fingerprint density at radius 1 is 1.20 bits per heavy atom. The molecule has 1 N–H and O–H groups in total. The van der Waals surface area contributed by atoms with Gasteiger partial charge in [-0.3, -0.25) is 9.69 Å². The molecule has 9 nitrogen and oxygen atoms in total. The lowest BCUT2D eigenvalue weighted by Crippen LogP contribution is -2.40. The highest BCUT2D eigenvalue weighted by atomic mass is 16.5. The van der Waals surface area contributed by atoms with Crippen molar-refractivity contribution >= 4 is 10.9 Å². The Bertz CT molecular complexity index is 1190. The summed E-state index contributed by atoms with van der Waals surface area (Å²) in [5, 5.41) is 14.0. The Balaban J connectivity index is 1.51. The van der Waals surface area contributed by atoms with Crippen LogP contribution in [0.15, 0.2) is 29.1 Å². The Morgan fingerprint density at radius 2 is 2.03 bits per heavy atom. The predicted octanol–water partition coefficient (Wildman–Crippen LogP) is 4.02. The number of hydrogen-bond acceptors (Lipinski definition) is 7. The van der Waals surface area contributed by atoms with Crippen LogP contribution >= 0.6 is 0 Å². The van der Waals surface area contributed by atoms with Gasteiger partial charge in [0.25, 0.3) is 5.56 Å². The van der Waals surface area contributed by atoms with Crippen LogP contribution in [-0.4, -0.2) is 56.5 Å². The molecule has 0 radical (unpaired) electrons. The predicted molar refractivity (Wildman–Crippen MR) is 133 cm³/mol. The smallest absolute Gasteiger partial charge is 0.252 e. The van der Waals surface area contributed by atoms with Crippen LogP contribution in [0.25, 0.3) is 10.9 Å². The zero-order chi connectivity index (χ0) is 24.4. The maximum absolute atomic E-state index is 13.2. The Labute approximate surface area is 205 Å². The van der Waals surface area contributed by atoms with Gasteiger partial charge < -0.3 is 14.5 Å². The van der Waals surface area contributed by atoms with Gasteiger partial charge in [-0.2, -0.15) is 0 Å². The van der Waals surface area contributed by atoms with E-state index >= 15 is 0 Å². The van der Waals surface area contributed by atoms with E-state index in [2.05, 4.69) is 43.9 Å². The van der Waals surface area contributed by atoms with Gasteiger partial charge >= 0.3 is 0 Å². The van der Waals surface area contributed by atoms with Crippen molar-refractivity contribution in [3.8, 4) is 5.75 Å². The summed E-state index contributed by atoms with van der Waals surface area (Å²) < 4.78 is 13.4. The van der Waals surface area contributed by atoms with E-state index in [0.717, 1.165) is 66.9 Å². The van der Waals surface area contributed by atoms with Gasteiger partial charge in [0.2, 0.25) is 0 Å². The summed E-state index contributed by atoms with van der Waals surface area (Å²) in [7, 11) is 1.63. The van der Waals surface area contributed by atoms with E-state index in [1.807, 2.05) is 24.3 Å². The minimum Gasteiger partial charge on any atom is -0.497 e. The highest BCUT2D eigenvalue weighted by Crippen LogP contribution is 2.35. The number of rotatable bonds is 9. The normalized spacial score (nSPS) is 19.9. The monoisotopic (exact) mass is 480 g/mol. The number of pyridine rings is 1. The zero-order valence-corrected chi connectivity index (χ0v) is 20.9. The van der Waals surface area contributed by atoms with Crippen LogP contribution in [-0.2, 0) is 11.3 Å². The van der Waals surface area contributed by atoms with Crippen molar-refractivity contribution in [1.82, 2.24) is 30.1 Å². The van der Waals surface area contributed by atoms with Crippen molar-refractivity contribution in [1.29, 1.82) is 0 Å². The third-order valence-electron chi connectivity index (χ3n) is 7.44. The fraction of sp³-hybridized carbons (Fsp3) is 0.615. The SMILES string of the molecule is COc1ccc2cc(CN(C[C@H]3CCCO3)[C@H](c3nnnn3C3CCCC3)C(C)C)c(=O)[nH]c2c1. The molecule has 5 rings (SSSR count). The summed E-state index contributed by atoms with van der Waals surface area (Å²) >= 11 is 0. The summed E-state index contributed by atoms with van der Waals surface area (Å²) in [6, 6.07) is 8.08. The topological polar surface area (TPSA) is 98.2 Å². The Kier molecular flexibility index (Phi) is 7.15. The van der Waals surface area contributed by atoms with Crippen LogP contribution in [0.1, 0.15) is 75.8 Å². The van der Waals surface area contributed by atoms with Crippen LogP contribution in [0.3, 0.4) is 0 Å². The van der Waals surface area contributed by atoms with E-state index in [1.54, 1.807) is 7.11 Å². The molecule has 0 spiro atoms. The average Bonchev–Trinajstić information content (AvgIpc) is 3.62. The van der Waals surface area contributed by atoms with Gasteiger partial charge in [0.15, 0.2) is 5.82 Å². The van der Waals surface area contributed by atoms with Gasteiger partial charge in [0, 0.05) is 31.3 Å². The van der Waals surface area contributed by atoms with E-state index in [4.69, 9.17) is 9.47 Å². The van der Waals surface area contributed by atoms with Gasteiger partial charge in [0.05, 0.1) is 30.8 Å². The minimum absolute atomic E-state index is 0.0271. The van der Waals surface area contributed by atoms with Gasteiger partial charge in [-0.15, -0.1) is 5.10 Å². The zero-order valence-electron chi connectivity index (χ0n) is 20.9. The number of nitrogens with one attached hydrogen (secondary N) is 1. The van der Waals surface area contributed by atoms with Crippen molar-refractivity contribution in [3.63, 3.8) is 0 Å². The van der Waals surface area contributed by atoms with Crippen molar-refractivity contribution in [2.45, 2.75) is 77.1 Å². The number of benzene rings is 1. The Hall–Kier alpha value is -2.78. The molecule has 0 unspecified atom stereocenters. The first-order chi connectivity index (χ1) is 17.0. The van der Waals surface area contributed by atoms with Crippen LogP contribution in [0.5, 0.6) is 5.75 Å². The second-order valence-corrected chi connectivity index (χ2v) is 10.3. The van der Waals surface area contributed by atoms with Gasteiger partial charge in [-0.25, -0.2) is 4.68 Å². The van der Waals surface area contributed by atoms with Crippen molar-refractivity contribution in [2.75, 3.05) is 20.3 Å². The first kappa shape index (κ1) is 23.9. The number of tetrazole rings is 1. The van der Waals surface area contributed by atoms with Crippen LogP contribution in [0.2, 0.25) is 0 Å². The van der Waals surface area contributed by atoms with Gasteiger partial charge in [0.1, 0.15) is 5.75 Å². The molecule has 0 bridgehead atoms. The molecule has 2 fully saturated rings. The largest absolute Gasteiger partial charge is 0.497 e. The second kappa shape index (κ2) is 10.5. The third-order valence-corrected chi connectivity index (χ3v) is 7.44. The summed E-state index contributed by atoms with van der Waals surface area (Å²) in [4.78, 5) is 18.6. The van der Waals surface area contributed by atoms with E-state index in [-0.39, 0.29) is 23.6 Å². The van der Waals surface area contributed by atoms with E-state index < -0.39 is 0 Å². The van der Waals surface area contributed by atoms with E-state index in [1.165, 1.54) is 12.8 Å². The number of fused-ring (bicyclic) bond motifs is 1. The number of methoxy groups -OCH3 is 1. The standard InChI is InChI=1S/C26H36N6O3/c1-17(2)24(25-28-29-30-32(25)20-7-4-5-8-20)31(16-22-9-6-12-35-22)15-19-13-18-10-11-21(34-3)14-23(18)27-26(19)33/h10-11,13-14,17,20,22,24H,4-9,12,15-16H2,1-3H3,(H,27,33)/t22-,24+/m1/s1. The lowest BCUT2D eigenvalue weighted by Gasteiger charge is -2.35. The molecule has 1 saturated carbocycles.